The average Bonchev–Trinajstić information content (AvgIpc) is 4.04. The lowest BCUT2D eigenvalue weighted by atomic mass is 9.58. The molecule has 0 saturated heterocycles. The van der Waals surface area contributed by atoms with Gasteiger partial charge in [0, 0.05) is 71.6 Å². The van der Waals surface area contributed by atoms with E-state index in [4.69, 9.17) is 4.42 Å². The molecule has 0 saturated carbocycles. The maximum Gasteiger partial charge on any atom is 0.197 e. The molecule has 1 N–H and O–H groups in total. The molecule has 0 atom stereocenters. The molecule has 2 aliphatic carbocycles. The van der Waals surface area contributed by atoms with E-state index in [1.807, 2.05) is 0 Å². The van der Waals surface area contributed by atoms with E-state index < -0.39 is 0 Å². The fraction of sp³-hybridized carbons (Fsp3) is 0.152. The number of aromatic nitrogens is 1. The number of benzene rings is 9. The SMILES string of the molecule is CC(C)(C)c1ccc(Nc2cc3c(cc2-c2ccc4c5cc6c(cc5n5c4c2[B]c2cc4c(-c7ccccc7)oc(-c7ccccc7)c4cc2-5)-c2ccccc2C6(C)C)-c2ccccc2C3(C)C)cc1. The smallest absolute Gasteiger partial charge is 0.197 e. The van der Waals surface area contributed by atoms with Crippen LogP contribution >= 0.6 is 0 Å². The maximum atomic E-state index is 7.05. The zero-order chi connectivity index (χ0) is 47.4. The summed E-state index contributed by atoms with van der Waals surface area (Å²) in [5.41, 5.74) is 24.4. The Morgan fingerprint density at radius 3 is 1.67 bits per heavy atom. The number of hydrogen-bond donors (Lipinski definition) is 1. The van der Waals surface area contributed by atoms with E-state index in [1.54, 1.807) is 0 Å². The molecular weight excluding hydrogens is 848 g/mol. The highest BCUT2D eigenvalue weighted by atomic mass is 16.3. The third-order valence-corrected chi connectivity index (χ3v) is 16.2. The number of anilines is 2. The van der Waals surface area contributed by atoms with Crippen molar-refractivity contribution < 1.29 is 4.42 Å². The summed E-state index contributed by atoms with van der Waals surface area (Å²) in [6, 6.07) is 67.7. The largest absolute Gasteiger partial charge is 0.455 e. The van der Waals surface area contributed by atoms with Crippen LogP contribution in [-0.2, 0) is 16.2 Å². The van der Waals surface area contributed by atoms with Crippen molar-refractivity contribution in [1.29, 1.82) is 0 Å². The van der Waals surface area contributed by atoms with Crippen LogP contribution in [0.4, 0.5) is 11.4 Å². The summed E-state index contributed by atoms with van der Waals surface area (Å²) in [7, 11) is 2.47. The van der Waals surface area contributed by atoms with Gasteiger partial charge in [0.05, 0.1) is 5.52 Å². The molecular formula is C66H52BN2O. The zero-order valence-corrected chi connectivity index (χ0v) is 40.8. The Morgan fingerprint density at radius 2 is 1.04 bits per heavy atom. The van der Waals surface area contributed by atoms with Crippen molar-refractivity contribution in [2.24, 2.45) is 0 Å². The van der Waals surface area contributed by atoms with Crippen LogP contribution in [0.25, 0.3) is 94.3 Å². The molecule has 9 aromatic carbocycles. The molecule has 0 amide bonds. The highest BCUT2D eigenvalue weighted by Gasteiger charge is 2.39. The van der Waals surface area contributed by atoms with Gasteiger partial charge in [-0.25, -0.2) is 0 Å². The van der Waals surface area contributed by atoms with Crippen molar-refractivity contribution in [2.45, 2.75) is 64.7 Å². The first kappa shape index (κ1) is 41.2. The summed E-state index contributed by atoms with van der Waals surface area (Å²) in [6.45, 7) is 16.3. The quantitative estimate of drug-likeness (QED) is 0.174. The fourth-order valence-electron chi connectivity index (χ4n) is 12.5. The Hall–Kier alpha value is -7.82. The van der Waals surface area contributed by atoms with Crippen molar-refractivity contribution in [3.63, 3.8) is 0 Å². The summed E-state index contributed by atoms with van der Waals surface area (Å²) >= 11 is 0. The molecule has 3 nitrogen and oxygen atoms in total. The number of fused-ring (bicyclic) bond motifs is 12. The molecule has 4 heteroatoms. The van der Waals surface area contributed by atoms with E-state index in [1.165, 1.54) is 88.5 Å². The molecule has 2 aromatic heterocycles. The van der Waals surface area contributed by atoms with Gasteiger partial charge in [-0.05, 0) is 109 Å². The fourth-order valence-corrected chi connectivity index (χ4v) is 12.5. The summed E-state index contributed by atoms with van der Waals surface area (Å²) in [5.74, 6) is 1.77. The minimum Gasteiger partial charge on any atom is -0.455 e. The molecule has 0 bridgehead atoms. The van der Waals surface area contributed by atoms with E-state index in [-0.39, 0.29) is 16.2 Å². The lowest BCUT2D eigenvalue weighted by Crippen LogP contribution is -2.37. The second-order valence-electron chi connectivity index (χ2n) is 22.0. The predicted molar refractivity (Wildman–Crippen MR) is 295 cm³/mol. The van der Waals surface area contributed by atoms with Crippen molar-refractivity contribution in [1.82, 2.24) is 4.57 Å². The highest BCUT2D eigenvalue weighted by Crippen LogP contribution is 2.54. The number of nitrogens with zero attached hydrogens (tertiary/aromatic N) is 1. The molecule has 1 radical (unpaired) electrons. The first-order chi connectivity index (χ1) is 33.8. The summed E-state index contributed by atoms with van der Waals surface area (Å²) in [6.07, 6.45) is 0. The molecule has 3 aliphatic rings. The molecule has 0 fully saturated rings. The van der Waals surface area contributed by atoms with Crippen molar-refractivity contribution >= 4 is 62.2 Å². The lowest BCUT2D eigenvalue weighted by molar-refractivity contribution is 0.590. The molecule has 11 aromatic rings. The maximum absolute atomic E-state index is 7.05. The second-order valence-corrected chi connectivity index (χ2v) is 22.0. The number of rotatable bonds is 5. The number of furan rings is 1. The number of hydrogen-bond acceptors (Lipinski definition) is 2. The Morgan fingerprint density at radius 1 is 0.471 bits per heavy atom. The summed E-state index contributed by atoms with van der Waals surface area (Å²) < 4.78 is 9.63. The van der Waals surface area contributed by atoms with Crippen molar-refractivity contribution in [3.8, 4) is 61.7 Å². The number of nitrogens with one attached hydrogen (secondary N) is 1. The third kappa shape index (κ3) is 5.77. The van der Waals surface area contributed by atoms with E-state index in [2.05, 4.69) is 248 Å². The topological polar surface area (TPSA) is 30.1 Å². The molecule has 3 heterocycles. The average molecular weight is 900 g/mol. The van der Waals surface area contributed by atoms with Gasteiger partial charge in [-0.2, -0.15) is 0 Å². The second kappa shape index (κ2) is 14.4. The molecule has 14 rings (SSSR count). The molecule has 1 aliphatic heterocycles. The van der Waals surface area contributed by atoms with Crippen LogP contribution in [0.5, 0.6) is 0 Å². The van der Waals surface area contributed by atoms with Crippen LogP contribution in [0.15, 0.2) is 186 Å². The molecule has 0 unspecified atom stereocenters. The predicted octanol–water partition coefficient (Wildman–Crippen LogP) is 16.2. The van der Waals surface area contributed by atoms with Gasteiger partial charge < -0.3 is 14.3 Å². The van der Waals surface area contributed by atoms with E-state index >= 15 is 0 Å². The Kier molecular flexibility index (Phi) is 8.45. The summed E-state index contributed by atoms with van der Waals surface area (Å²) in [4.78, 5) is 0. The van der Waals surface area contributed by atoms with Crippen LogP contribution in [0.1, 0.15) is 76.3 Å². The van der Waals surface area contributed by atoms with Crippen LogP contribution in [0.3, 0.4) is 0 Å². The van der Waals surface area contributed by atoms with Crippen molar-refractivity contribution in [2.75, 3.05) is 5.32 Å². The lowest BCUT2D eigenvalue weighted by Gasteiger charge is -2.26. The Bertz CT molecular complexity index is 4010. The zero-order valence-electron chi connectivity index (χ0n) is 40.8. The molecule has 0 spiro atoms. The monoisotopic (exact) mass is 899 g/mol. The first-order valence-corrected chi connectivity index (χ1v) is 24.8. The van der Waals surface area contributed by atoms with E-state index in [9.17, 15) is 0 Å². The minimum atomic E-state index is -0.162. The van der Waals surface area contributed by atoms with Crippen LogP contribution in [0, 0.1) is 0 Å². The highest BCUT2D eigenvalue weighted by molar-refractivity contribution is 6.73. The standard InChI is InChI=1S/C66H52BN2O/c1-64(2,3)40-26-28-41(29-27-40)68-57-37-55-46(42-22-14-16-24-52(42)66(55,6)7)32-48(57)44-30-31-45-49-33-54-47(43-23-15-17-25-53(43)65(54,4)5)35-58(49)69-59-36-51-50(34-56(59)67-60(44)61(45)69)62(38-18-10-8-11-19-38)70-63(51)39-20-12-9-13-21-39/h8-37,68H,1-7H3. The Balaban J connectivity index is 1.07. The van der Waals surface area contributed by atoms with E-state index in [0.29, 0.717) is 0 Å². The van der Waals surface area contributed by atoms with Gasteiger partial charge in [-0.3, -0.25) is 0 Å². The normalized spacial score (nSPS) is 14.6. The first-order valence-electron chi connectivity index (χ1n) is 24.8. The van der Waals surface area contributed by atoms with Crippen LogP contribution < -0.4 is 16.2 Å². The third-order valence-electron chi connectivity index (χ3n) is 16.2. The van der Waals surface area contributed by atoms with Gasteiger partial charge in [0.25, 0.3) is 0 Å². The Labute approximate surface area is 410 Å². The minimum absolute atomic E-state index is 0.0576. The van der Waals surface area contributed by atoms with E-state index in [0.717, 1.165) is 55.9 Å². The van der Waals surface area contributed by atoms with Gasteiger partial charge in [-0.15, -0.1) is 0 Å². The van der Waals surface area contributed by atoms with Gasteiger partial charge in [0.15, 0.2) is 7.28 Å². The van der Waals surface area contributed by atoms with Crippen LogP contribution in [-0.4, -0.2) is 11.8 Å². The van der Waals surface area contributed by atoms with Gasteiger partial charge in [0.1, 0.15) is 11.5 Å². The van der Waals surface area contributed by atoms with Gasteiger partial charge in [0.2, 0.25) is 0 Å². The van der Waals surface area contributed by atoms with Gasteiger partial charge >= 0.3 is 0 Å². The molecule has 335 valence electrons. The van der Waals surface area contributed by atoms with Crippen molar-refractivity contribution in [3.05, 3.63) is 210 Å². The van der Waals surface area contributed by atoms with Crippen LogP contribution in [0.2, 0.25) is 0 Å². The van der Waals surface area contributed by atoms with Gasteiger partial charge in [-0.1, -0.05) is 193 Å². The molecule has 70 heavy (non-hydrogen) atoms. The summed E-state index contributed by atoms with van der Waals surface area (Å²) in [5, 5.41) is 8.73.